The molecular weight excluding hydrogens is 316 g/mol. The van der Waals surface area contributed by atoms with E-state index in [2.05, 4.69) is 10.2 Å². The molecule has 0 spiro atoms. The van der Waals surface area contributed by atoms with Gasteiger partial charge in [-0.05, 0) is 56.4 Å². The second kappa shape index (κ2) is 9.08. The predicted molar refractivity (Wildman–Crippen MR) is 99.1 cm³/mol. The van der Waals surface area contributed by atoms with Crippen LogP contribution in [0.1, 0.15) is 17.2 Å². The molecule has 25 heavy (non-hydrogen) atoms. The van der Waals surface area contributed by atoms with Crippen LogP contribution in [0.25, 0.3) is 0 Å². The highest BCUT2D eigenvalue weighted by Gasteiger charge is 2.15. The Kier molecular flexibility index (Phi) is 6.83. The zero-order valence-corrected chi connectivity index (χ0v) is 15.3. The molecule has 0 aromatic heterocycles. The van der Waals surface area contributed by atoms with Crippen molar-refractivity contribution in [2.45, 2.75) is 13.0 Å². The number of hydrogen-bond donors (Lipinski definition) is 1. The first-order valence-electron chi connectivity index (χ1n) is 8.26. The van der Waals surface area contributed by atoms with Gasteiger partial charge in [0.2, 0.25) is 0 Å². The third-order valence-corrected chi connectivity index (χ3v) is 3.98. The summed E-state index contributed by atoms with van der Waals surface area (Å²) in [5.74, 6) is 1.38. The Bertz CT molecular complexity index is 684. The maximum absolute atomic E-state index is 12.1. The molecule has 0 saturated carbocycles. The number of hydrogen-bond acceptors (Lipinski definition) is 4. The van der Waals surface area contributed by atoms with E-state index in [1.165, 1.54) is 0 Å². The Balaban J connectivity index is 1.88. The van der Waals surface area contributed by atoms with Gasteiger partial charge < -0.3 is 19.7 Å². The van der Waals surface area contributed by atoms with Gasteiger partial charge in [-0.2, -0.15) is 0 Å². The Hall–Kier alpha value is -2.53. The lowest BCUT2D eigenvalue weighted by molar-refractivity contribution is -0.123. The van der Waals surface area contributed by atoms with E-state index >= 15 is 0 Å². The van der Waals surface area contributed by atoms with Crippen LogP contribution in [0.3, 0.4) is 0 Å². The molecule has 0 aliphatic heterocycles. The van der Waals surface area contributed by atoms with Crippen molar-refractivity contribution >= 4 is 5.91 Å². The number of methoxy groups -OCH3 is 1. The van der Waals surface area contributed by atoms with E-state index in [4.69, 9.17) is 9.47 Å². The van der Waals surface area contributed by atoms with Gasteiger partial charge in [0.25, 0.3) is 5.91 Å². The maximum Gasteiger partial charge on any atom is 0.258 e. The molecule has 1 amide bonds. The fourth-order valence-electron chi connectivity index (χ4n) is 2.54. The Morgan fingerprint density at radius 2 is 1.84 bits per heavy atom. The van der Waals surface area contributed by atoms with Gasteiger partial charge in [-0.1, -0.05) is 24.3 Å². The van der Waals surface area contributed by atoms with Crippen molar-refractivity contribution in [1.82, 2.24) is 10.2 Å². The van der Waals surface area contributed by atoms with Crippen LogP contribution in [0.2, 0.25) is 0 Å². The molecule has 0 fully saturated rings. The Morgan fingerprint density at radius 1 is 1.12 bits per heavy atom. The van der Waals surface area contributed by atoms with Gasteiger partial charge in [0, 0.05) is 6.54 Å². The van der Waals surface area contributed by atoms with E-state index in [0.717, 1.165) is 16.9 Å². The molecule has 0 aliphatic carbocycles. The highest BCUT2D eigenvalue weighted by atomic mass is 16.5. The van der Waals surface area contributed by atoms with Crippen LogP contribution in [0.5, 0.6) is 11.5 Å². The number of carbonyl (C=O) groups is 1. The highest BCUT2D eigenvalue weighted by molar-refractivity contribution is 5.77. The van der Waals surface area contributed by atoms with E-state index in [1.54, 1.807) is 7.11 Å². The van der Waals surface area contributed by atoms with E-state index in [-0.39, 0.29) is 18.6 Å². The molecule has 5 nitrogen and oxygen atoms in total. The van der Waals surface area contributed by atoms with E-state index in [1.807, 2.05) is 69.6 Å². The lowest BCUT2D eigenvalue weighted by Gasteiger charge is -2.25. The van der Waals surface area contributed by atoms with Crippen LogP contribution in [-0.4, -0.2) is 45.2 Å². The maximum atomic E-state index is 12.1. The van der Waals surface area contributed by atoms with Crippen molar-refractivity contribution in [1.29, 1.82) is 0 Å². The lowest BCUT2D eigenvalue weighted by atomic mass is 10.1. The lowest BCUT2D eigenvalue weighted by Crippen LogP contribution is -2.36. The summed E-state index contributed by atoms with van der Waals surface area (Å²) in [7, 11) is 5.63. The van der Waals surface area contributed by atoms with Gasteiger partial charge in [-0.15, -0.1) is 0 Å². The van der Waals surface area contributed by atoms with Crippen LogP contribution in [0.15, 0.2) is 48.5 Å². The summed E-state index contributed by atoms with van der Waals surface area (Å²) in [5.41, 5.74) is 2.22. The number of benzene rings is 2. The number of ether oxygens (including phenoxy) is 2. The third kappa shape index (κ3) is 5.80. The van der Waals surface area contributed by atoms with Crippen molar-refractivity contribution < 1.29 is 14.3 Å². The number of aryl methyl sites for hydroxylation is 1. The van der Waals surface area contributed by atoms with E-state index in [9.17, 15) is 4.79 Å². The first-order valence-corrected chi connectivity index (χ1v) is 8.26. The topological polar surface area (TPSA) is 50.8 Å². The molecule has 134 valence electrons. The molecule has 0 bridgehead atoms. The molecular formula is C20H26N2O3. The SMILES string of the molecule is COc1ccc(C(CNC(=O)COc2cccc(C)c2)N(C)C)cc1. The quantitative estimate of drug-likeness (QED) is 0.801. The van der Waals surface area contributed by atoms with Crippen molar-refractivity contribution in [2.75, 3.05) is 34.4 Å². The molecule has 0 heterocycles. The summed E-state index contributed by atoms with van der Waals surface area (Å²) < 4.78 is 10.7. The van der Waals surface area contributed by atoms with Crippen LogP contribution in [-0.2, 0) is 4.79 Å². The van der Waals surface area contributed by atoms with Gasteiger partial charge in [-0.25, -0.2) is 0 Å². The molecule has 1 N–H and O–H groups in total. The molecule has 2 rings (SSSR count). The molecule has 1 unspecified atom stereocenters. The second-order valence-electron chi connectivity index (χ2n) is 6.16. The number of nitrogens with one attached hydrogen (secondary N) is 1. The average Bonchev–Trinajstić information content (AvgIpc) is 2.60. The van der Waals surface area contributed by atoms with Crippen LogP contribution < -0.4 is 14.8 Å². The first kappa shape index (κ1) is 18.8. The van der Waals surface area contributed by atoms with Crippen molar-refractivity contribution in [2.24, 2.45) is 0 Å². The van der Waals surface area contributed by atoms with E-state index < -0.39 is 0 Å². The molecule has 5 heteroatoms. The summed E-state index contributed by atoms with van der Waals surface area (Å²) >= 11 is 0. The fraction of sp³-hybridized carbons (Fsp3) is 0.350. The molecule has 2 aromatic carbocycles. The van der Waals surface area contributed by atoms with Gasteiger partial charge in [0.1, 0.15) is 11.5 Å². The minimum atomic E-state index is -0.137. The number of amides is 1. The van der Waals surface area contributed by atoms with E-state index in [0.29, 0.717) is 12.3 Å². The van der Waals surface area contributed by atoms with Crippen molar-refractivity contribution in [3.63, 3.8) is 0 Å². The fourth-order valence-corrected chi connectivity index (χ4v) is 2.54. The molecule has 0 saturated heterocycles. The molecule has 0 radical (unpaired) electrons. The highest BCUT2D eigenvalue weighted by Crippen LogP contribution is 2.20. The standard InChI is InChI=1S/C20H26N2O3/c1-15-6-5-7-18(12-15)25-14-20(23)21-13-19(22(2)3)16-8-10-17(24-4)11-9-16/h5-12,19H,13-14H2,1-4H3,(H,21,23). The summed E-state index contributed by atoms with van der Waals surface area (Å²) in [6.07, 6.45) is 0. The molecule has 0 aliphatic rings. The monoisotopic (exact) mass is 342 g/mol. The summed E-state index contributed by atoms with van der Waals surface area (Å²) in [4.78, 5) is 14.2. The predicted octanol–water partition coefficient (Wildman–Crippen LogP) is 2.80. The zero-order valence-electron chi connectivity index (χ0n) is 15.3. The minimum Gasteiger partial charge on any atom is -0.497 e. The van der Waals surface area contributed by atoms with Gasteiger partial charge in [-0.3, -0.25) is 4.79 Å². The number of nitrogens with zero attached hydrogens (tertiary/aromatic N) is 1. The zero-order chi connectivity index (χ0) is 18.2. The van der Waals surface area contributed by atoms with Crippen LogP contribution in [0.4, 0.5) is 0 Å². The summed E-state index contributed by atoms with van der Waals surface area (Å²) in [6, 6.07) is 15.6. The smallest absolute Gasteiger partial charge is 0.258 e. The minimum absolute atomic E-state index is 0.00617. The number of carbonyl (C=O) groups excluding carboxylic acids is 1. The van der Waals surface area contributed by atoms with Gasteiger partial charge >= 0.3 is 0 Å². The summed E-state index contributed by atoms with van der Waals surface area (Å²) in [5, 5.41) is 2.94. The molecule has 1 atom stereocenters. The number of likely N-dealkylation sites (N-methyl/N-ethyl adjacent to an activating group) is 1. The van der Waals surface area contributed by atoms with Crippen LogP contribution >= 0.6 is 0 Å². The first-order chi connectivity index (χ1) is 12.0. The summed E-state index contributed by atoms with van der Waals surface area (Å²) in [6.45, 7) is 2.50. The number of rotatable bonds is 8. The molecule has 2 aromatic rings. The second-order valence-corrected chi connectivity index (χ2v) is 6.16. The van der Waals surface area contributed by atoms with Gasteiger partial charge in [0.15, 0.2) is 6.61 Å². The van der Waals surface area contributed by atoms with Crippen LogP contribution in [0, 0.1) is 6.92 Å². The third-order valence-electron chi connectivity index (χ3n) is 3.98. The Morgan fingerprint density at radius 3 is 2.44 bits per heavy atom. The largest absolute Gasteiger partial charge is 0.497 e. The Labute approximate surface area is 149 Å². The van der Waals surface area contributed by atoms with Crippen molar-refractivity contribution in [3.05, 3.63) is 59.7 Å². The van der Waals surface area contributed by atoms with Gasteiger partial charge in [0.05, 0.1) is 13.2 Å². The normalized spacial score (nSPS) is 11.9. The van der Waals surface area contributed by atoms with Crippen molar-refractivity contribution in [3.8, 4) is 11.5 Å². The average molecular weight is 342 g/mol.